The number of likely N-dealkylation sites (tertiary alicyclic amines) is 1. The molecule has 4 rings (SSSR count). The van der Waals surface area contributed by atoms with Crippen molar-refractivity contribution in [2.75, 3.05) is 39.8 Å². The Morgan fingerprint density at radius 3 is 2.73 bits per heavy atom. The van der Waals surface area contributed by atoms with Crippen LogP contribution in [0.4, 0.5) is 0 Å². The Morgan fingerprint density at radius 1 is 1.17 bits per heavy atom. The lowest BCUT2D eigenvalue weighted by molar-refractivity contribution is -0.130. The predicted octanol–water partition coefficient (Wildman–Crippen LogP) is 3.31. The maximum atomic E-state index is 12.7. The highest BCUT2D eigenvalue weighted by Crippen LogP contribution is 2.28. The van der Waals surface area contributed by atoms with Gasteiger partial charge in [0.15, 0.2) is 5.96 Å². The van der Waals surface area contributed by atoms with Crippen LogP contribution in [-0.4, -0.2) is 61.4 Å². The molecule has 1 fully saturated rings. The molecule has 4 heterocycles. The highest BCUT2D eigenvalue weighted by Gasteiger charge is 2.25. The van der Waals surface area contributed by atoms with Crippen molar-refractivity contribution in [2.45, 2.75) is 31.8 Å². The van der Waals surface area contributed by atoms with E-state index in [2.05, 4.69) is 49.5 Å². The average molecular weight is 560 g/mol. The van der Waals surface area contributed by atoms with Gasteiger partial charge in [-0.05, 0) is 60.8 Å². The molecular formula is C21H30IN5OS2. The number of fused-ring (bicyclic) bond motifs is 1. The maximum Gasteiger partial charge on any atom is 0.242 e. The summed E-state index contributed by atoms with van der Waals surface area (Å²) in [6.07, 6.45) is 3.50. The number of guanidine groups is 1. The Balaban J connectivity index is 0.00000256. The van der Waals surface area contributed by atoms with Gasteiger partial charge >= 0.3 is 0 Å². The Hall–Kier alpha value is -1.17. The fourth-order valence-electron chi connectivity index (χ4n) is 4.09. The fraction of sp³-hybridized carbons (Fsp3) is 0.524. The first-order valence-electron chi connectivity index (χ1n) is 10.3. The number of rotatable bonds is 6. The number of hydrogen-bond acceptors (Lipinski definition) is 5. The molecule has 2 aromatic rings. The first-order chi connectivity index (χ1) is 14.2. The van der Waals surface area contributed by atoms with Crippen LogP contribution in [0.2, 0.25) is 0 Å². The summed E-state index contributed by atoms with van der Waals surface area (Å²) in [5, 5.41) is 10.9. The van der Waals surface area contributed by atoms with Gasteiger partial charge in [-0.3, -0.25) is 14.7 Å². The number of hydrogen-bond donors (Lipinski definition) is 2. The lowest BCUT2D eigenvalue weighted by Gasteiger charge is -2.28. The summed E-state index contributed by atoms with van der Waals surface area (Å²) in [6, 6.07) is 6.82. The maximum absolute atomic E-state index is 12.7. The molecule has 2 aromatic heterocycles. The SMILES string of the molecule is CN=C(NCC(=O)N1CCc2sccc2C1)NCC(c1cccs1)N1CCCC1.I. The quantitative estimate of drug-likeness (QED) is 0.324. The summed E-state index contributed by atoms with van der Waals surface area (Å²) in [7, 11) is 1.76. The molecular weight excluding hydrogens is 529 g/mol. The van der Waals surface area contributed by atoms with Gasteiger partial charge in [0.05, 0.1) is 12.6 Å². The summed E-state index contributed by atoms with van der Waals surface area (Å²) in [5.41, 5.74) is 1.29. The van der Waals surface area contributed by atoms with Crippen LogP contribution in [0.15, 0.2) is 34.0 Å². The van der Waals surface area contributed by atoms with Crippen LogP contribution in [0.3, 0.4) is 0 Å². The first kappa shape index (κ1) is 23.5. The number of halogens is 1. The van der Waals surface area contributed by atoms with Crippen LogP contribution < -0.4 is 10.6 Å². The minimum absolute atomic E-state index is 0. The highest BCUT2D eigenvalue weighted by molar-refractivity contribution is 14.0. The van der Waals surface area contributed by atoms with Crippen LogP contribution in [0.5, 0.6) is 0 Å². The zero-order valence-electron chi connectivity index (χ0n) is 17.3. The van der Waals surface area contributed by atoms with Gasteiger partial charge in [-0.1, -0.05) is 6.07 Å². The molecule has 2 N–H and O–H groups in total. The van der Waals surface area contributed by atoms with E-state index >= 15 is 0 Å². The zero-order chi connectivity index (χ0) is 20.1. The molecule has 0 saturated carbocycles. The monoisotopic (exact) mass is 559 g/mol. The van der Waals surface area contributed by atoms with E-state index in [0.29, 0.717) is 12.0 Å². The van der Waals surface area contributed by atoms with E-state index in [-0.39, 0.29) is 36.4 Å². The number of nitrogens with zero attached hydrogens (tertiary/aromatic N) is 3. The summed E-state index contributed by atoms with van der Waals surface area (Å²) in [4.78, 5) is 24.3. The number of nitrogens with one attached hydrogen (secondary N) is 2. The van der Waals surface area contributed by atoms with Gasteiger partial charge < -0.3 is 15.5 Å². The van der Waals surface area contributed by atoms with Crippen molar-refractivity contribution in [3.8, 4) is 0 Å². The smallest absolute Gasteiger partial charge is 0.242 e. The third-order valence-electron chi connectivity index (χ3n) is 5.71. The van der Waals surface area contributed by atoms with E-state index in [4.69, 9.17) is 0 Å². The molecule has 1 saturated heterocycles. The van der Waals surface area contributed by atoms with Gasteiger partial charge in [-0.25, -0.2) is 0 Å². The van der Waals surface area contributed by atoms with E-state index in [1.54, 1.807) is 18.4 Å². The molecule has 0 aliphatic carbocycles. The van der Waals surface area contributed by atoms with Crippen molar-refractivity contribution in [1.82, 2.24) is 20.4 Å². The fourth-order valence-corrected chi connectivity index (χ4v) is 5.84. The molecule has 2 aliphatic heterocycles. The van der Waals surface area contributed by atoms with E-state index < -0.39 is 0 Å². The Labute approximate surface area is 203 Å². The van der Waals surface area contributed by atoms with Gasteiger partial charge in [-0.15, -0.1) is 46.7 Å². The van der Waals surface area contributed by atoms with Crippen molar-refractivity contribution < 1.29 is 4.79 Å². The first-order valence-corrected chi connectivity index (χ1v) is 12.1. The normalized spacial score (nSPS) is 17.9. The third kappa shape index (κ3) is 5.74. The number of carbonyl (C=O) groups excluding carboxylic acids is 1. The second kappa shape index (κ2) is 11.4. The Kier molecular flexibility index (Phi) is 8.97. The minimum Gasteiger partial charge on any atom is -0.354 e. The molecule has 2 aliphatic rings. The number of thiophene rings is 2. The van der Waals surface area contributed by atoms with Crippen molar-refractivity contribution in [3.05, 3.63) is 44.3 Å². The van der Waals surface area contributed by atoms with Gasteiger partial charge in [0.1, 0.15) is 0 Å². The molecule has 1 atom stereocenters. The zero-order valence-corrected chi connectivity index (χ0v) is 21.3. The average Bonchev–Trinajstić information content (AvgIpc) is 3.52. The number of amides is 1. The largest absolute Gasteiger partial charge is 0.354 e. The number of carbonyl (C=O) groups is 1. The van der Waals surface area contributed by atoms with Gasteiger partial charge in [0, 0.05) is 36.4 Å². The molecule has 1 unspecified atom stereocenters. The van der Waals surface area contributed by atoms with Crippen LogP contribution in [0, 0.1) is 0 Å². The third-order valence-corrected chi connectivity index (χ3v) is 7.70. The van der Waals surface area contributed by atoms with Crippen LogP contribution in [0.25, 0.3) is 0 Å². The molecule has 30 heavy (non-hydrogen) atoms. The molecule has 0 radical (unpaired) electrons. The number of aliphatic imine (C=N–C) groups is 1. The van der Waals surface area contributed by atoms with Crippen LogP contribution in [-0.2, 0) is 17.8 Å². The van der Waals surface area contributed by atoms with E-state index in [1.807, 2.05) is 16.2 Å². The van der Waals surface area contributed by atoms with Gasteiger partial charge in [-0.2, -0.15) is 0 Å². The lowest BCUT2D eigenvalue weighted by atomic mass is 10.1. The Morgan fingerprint density at radius 2 is 2.00 bits per heavy atom. The summed E-state index contributed by atoms with van der Waals surface area (Å²) in [6.45, 7) is 4.88. The molecule has 9 heteroatoms. The van der Waals surface area contributed by atoms with Crippen molar-refractivity contribution in [2.24, 2.45) is 4.99 Å². The van der Waals surface area contributed by atoms with Crippen molar-refractivity contribution in [1.29, 1.82) is 0 Å². The second-order valence-corrected chi connectivity index (χ2v) is 9.50. The standard InChI is InChI=1S/C21H29N5OS2.HI/c1-22-21(23-13-17(19-5-4-11-28-19)25-8-2-3-9-25)24-14-20(27)26-10-6-18-16(15-26)7-12-29-18;/h4-5,7,11-12,17H,2-3,6,8-10,13-15H2,1H3,(H2,22,23,24);1H. The summed E-state index contributed by atoms with van der Waals surface area (Å²) in [5.74, 6) is 0.812. The molecule has 164 valence electrons. The highest BCUT2D eigenvalue weighted by atomic mass is 127. The lowest BCUT2D eigenvalue weighted by Crippen LogP contribution is -2.47. The Bertz CT molecular complexity index is 832. The molecule has 0 aromatic carbocycles. The van der Waals surface area contributed by atoms with E-state index in [1.165, 1.54) is 28.2 Å². The molecule has 0 spiro atoms. The van der Waals surface area contributed by atoms with Gasteiger partial charge in [0.25, 0.3) is 0 Å². The van der Waals surface area contributed by atoms with Crippen LogP contribution in [0.1, 0.15) is 34.2 Å². The van der Waals surface area contributed by atoms with E-state index in [0.717, 1.165) is 39.1 Å². The predicted molar refractivity (Wildman–Crippen MR) is 136 cm³/mol. The molecule has 1 amide bonds. The summed E-state index contributed by atoms with van der Waals surface area (Å²) < 4.78 is 0. The van der Waals surface area contributed by atoms with E-state index in [9.17, 15) is 4.79 Å². The van der Waals surface area contributed by atoms with Crippen molar-refractivity contribution in [3.63, 3.8) is 0 Å². The van der Waals surface area contributed by atoms with Gasteiger partial charge in [0.2, 0.25) is 5.91 Å². The topological polar surface area (TPSA) is 60.0 Å². The molecule has 0 bridgehead atoms. The summed E-state index contributed by atoms with van der Waals surface area (Å²) >= 11 is 3.60. The minimum atomic E-state index is 0. The van der Waals surface area contributed by atoms with Crippen molar-refractivity contribution >= 4 is 58.5 Å². The molecule has 6 nitrogen and oxygen atoms in total. The van der Waals surface area contributed by atoms with Crippen LogP contribution >= 0.6 is 46.7 Å². The second-order valence-electron chi connectivity index (χ2n) is 7.52.